The van der Waals surface area contributed by atoms with E-state index in [2.05, 4.69) is 60.7 Å². The molecule has 0 saturated heterocycles. The first-order valence-electron chi connectivity index (χ1n) is 6.68. The zero-order valence-corrected chi connectivity index (χ0v) is 12.8. The van der Waals surface area contributed by atoms with Crippen LogP contribution in [0.1, 0.15) is 11.1 Å². The minimum atomic E-state index is 1.19. The Morgan fingerprint density at radius 2 is 1.00 bits per heavy atom. The van der Waals surface area contributed by atoms with Crippen molar-refractivity contribution in [3.8, 4) is 0 Å². The number of rotatable bonds is 8. The molecule has 0 atom stereocenters. The third-order valence-corrected chi connectivity index (χ3v) is 5.24. The molecule has 0 heterocycles. The van der Waals surface area contributed by atoms with Crippen LogP contribution in [-0.4, -0.2) is 16.6 Å². The van der Waals surface area contributed by atoms with Crippen LogP contribution in [0.2, 0.25) is 0 Å². The fourth-order valence-electron chi connectivity index (χ4n) is 1.85. The summed E-state index contributed by atoms with van der Waals surface area (Å²) in [6.45, 7) is 0. The van der Waals surface area contributed by atoms with E-state index in [-0.39, 0.29) is 0 Å². The number of thioether (sulfide) groups is 2. The molecule has 0 saturated carbocycles. The van der Waals surface area contributed by atoms with Gasteiger partial charge in [0.15, 0.2) is 0 Å². The van der Waals surface area contributed by atoms with Crippen LogP contribution in [0.15, 0.2) is 60.7 Å². The minimum absolute atomic E-state index is 1.19. The van der Waals surface area contributed by atoms with Crippen molar-refractivity contribution in [1.29, 1.82) is 0 Å². The van der Waals surface area contributed by atoms with Crippen LogP contribution in [0.5, 0.6) is 0 Å². The smallest absolute Gasteiger partial charge is 0.0392 e. The molecule has 100 valence electrons. The van der Waals surface area contributed by atoms with Gasteiger partial charge in [0.05, 0.1) is 0 Å². The molecular weight excluding hydrogens is 268 g/mol. The summed E-state index contributed by atoms with van der Waals surface area (Å²) in [5.74, 6) is 2.45. The second-order valence-electron chi connectivity index (χ2n) is 4.41. The molecule has 2 aromatic rings. The molecule has 0 unspecified atom stereocenters. The third-order valence-electron chi connectivity index (χ3n) is 2.92. The highest BCUT2D eigenvalue weighted by molar-refractivity contribution is 8.15. The summed E-state index contributed by atoms with van der Waals surface area (Å²) in [7, 11) is 0. The Hall–Kier alpha value is -0.860. The molecule has 2 aromatic carbocycles. The van der Waals surface area contributed by atoms with Gasteiger partial charge >= 0.3 is 0 Å². The van der Waals surface area contributed by atoms with Gasteiger partial charge in [0.25, 0.3) is 0 Å². The van der Waals surface area contributed by atoms with Crippen molar-refractivity contribution in [1.82, 2.24) is 0 Å². The van der Waals surface area contributed by atoms with Gasteiger partial charge in [-0.2, -0.15) is 23.5 Å². The highest BCUT2D eigenvalue weighted by atomic mass is 32.2. The number of benzene rings is 2. The van der Waals surface area contributed by atoms with Crippen LogP contribution in [0.4, 0.5) is 0 Å². The Balaban J connectivity index is 1.49. The molecule has 0 aliphatic carbocycles. The summed E-state index contributed by atoms with van der Waals surface area (Å²) < 4.78 is 0. The molecule has 0 aliphatic rings. The lowest BCUT2D eigenvalue weighted by atomic mass is 10.2. The number of aryl methyl sites for hydroxylation is 2. The largest absolute Gasteiger partial charge is 0.151 e. The van der Waals surface area contributed by atoms with Crippen molar-refractivity contribution in [2.45, 2.75) is 12.8 Å². The maximum Gasteiger partial charge on any atom is 0.0392 e. The van der Waals surface area contributed by atoms with Gasteiger partial charge in [0.2, 0.25) is 0 Å². The number of hydrogen-bond donors (Lipinski definition) is 0. The van der Waals surface area contributed by atoms with Crippen molar-refractivity contribution in [2.24, 2.45) is 0 Å². The van der Waals surface area contributed by atoms with Gasteiger partial charge in [-0.15, -0.1) is 0 Å². The van der Waals surface area contributed by atoms with E-state index in [1.165, 1.54) is 40.6 Å². The topological polar surface area (TPSA) is 0 Å². The second kappa shape index (κ2) is 9.11. The van der Waals surface area contributed by atoms with Gasteiger partial charge in [-0.05, 0) is 35.5 Å². The van der Waals surface area contributed by atoms with Gasteiger partial charge < -0.3 is 0 Å². The highest BCUT2D eigenvalue weighted by Crippen LogP contribution is 2.15. The van der Waals surface area contributed by atoms with E-state index in [1.807, 2.05) is 23.5 Å². The van der Waals surface area contributed by atoms with Gasteiger partial charge in [-0.1, -0.05) is 60.7 Å². The first-order chi connectivity index (χ1) is 9.45. The molecule has 2 rings (SSSR count). The Morgan fingerprint density at radius 3 is 1.42 bits per heavy atom. The fraction of sp³-hybridized carbons (Fsp3) is 0.294. The Bertz CT molecular complexity index is 396. The van der Waals surface area contributed by atoms with Crippen molar-refractivity contribution >= 4 is 23.5 Å². The van der Waals surface area contributed by atoms with Crippen molar-refractivity contribution < 1.29 is 0 Å². The molecule has 2 heteroatoms. The standard InChI is InChI=1S/C17H20S2/c1-3-7-16(8-4-1)11-13-18-15-19-14-12-17-9-5-2-6-10-17/h1-10H,11-15H2. The first kappa shape index (κ1) is 14.5. The average molecular weight is 288 g/mol. The van der Waals surface area contributed by atoms with Crippen LogP contribution in [-0.2, 0) is 12.8 Å². The molecule has 0 spiro atoms. The molecule has 0 fully saturated rings. The second-order valence-corrected chi connectivity index (χ2v) is 6.98. The SMILES string of the molecule is c1ccc(CCSCSCCc2ccccc2)cc1. The summed E-state index contributed by atoms with van der Waals surface area (Å²) >= 11 is 4.09. The lowest BCUT2D eigenvalue weighted by Crippen LogP contribution is -1.90. The van der Waals surface area contributed by atoms with E-state index < -0.39 is 0 Å². The molecule has 0 aromatic heterocycles. The molecular formula is C17H20S2. The monoisotopic (exact) mass is 288 g/mol. The molecule has 0 aliphatic heterocycles. The Labute approximate surface area is 125 Å². The highest BCUT2D eigenvalue weighted by Gasteiger charge is 1.95. The quantitative estimate of drug-likeness (QED) is 0.501. The summed E-state index contributed by atoms with van der Waals surface area (Å²) in [6, 6.07) is 21.5. The van der Waals surface area contributed by atoms with E-state index in [0.717, 1.165) is 0 Å². The summed E-state index contributed by atoms with van der Waals surface area (Å²) in [6.07, 6.45) is 2.37. The van der Waals surface area contributed by atoms with Crippen LogP contribution in [0.3, 0.4) is 0 Å². The van der Waals surface area contributed by atoms with Gasteiger partial charge in [0.1, 0.15) is 0 Å². The van der Waals surface area contributed by atoms with E-state index in [0.29, 0.717) is 0 Å². The van der Waals surface area contributed by atoms with Crippen LogP contribution in [0, 0.1) is 0 Å². The van der Waals surface area contributed by atoms with Gasteiger partial charge in [-0.3, -0.25) is 0 Å². The third kappa shape index (κ3) is 6.22. The predicted octanol–water partition coefficient (Wildman–Crippen LogP) is 4.90. The molecule has 19 heavy (non-hydrogen) atoms. The van der Waals surface area contributed by atoms with Gasteiger partial charge in [0, 0.05) is 5.08 Å². The van der Waals surface area contributed by atoms with Crippen LogP contribution >= 0.6 is 23.5 Å². The van der Waals surface area contributed by atoms with E-state index in [9.17, 15) is 0 Å². The lowest BCUT2D eigenvalue weighted by Gasteiger charge is -2.03. The minimum Gasteiger partial charge on any atom is -0.151 e. The fourth-order valence-corrected chi connectivity index (χ4v) is 4.02. The zero-order chi connectivity index (χ0) is 13.2. The first-order valence-corrected chi connectivity index (χ1v) is 8.99. The summed E-state index contributed by atoms with van der Waals surface area (Å²) in [5, 5.41) is 1.21. The van der Waals surface area contributed by atoms with Crippen molar-refractivity contribution in [3.63, 3.8) is 0 Å². The predicted molar refractivity (Wildman–Crippen MR) is 90.1 cm³/mol. The van der Waals surface area contributed by atoms with Crippen LogP contribution in [0.25, 0.3) is 0 Å². The Kier molecular flexibility index (Phi) is 6.97. The van der Waals surface area contributed by atoms with E-state index in [1.54, 1.807) is 0 Å². The van der Waals surface area contributed by atoms with Gasteiger partial charge in [-0.25, -0.2) is 0 Å². The summed E-state index contributed by atoms with van der Waals surface area (Å²) in [4.78, 5) is 0. The molecule has 0 amide bonds. The molecule has 0 nitrogen and oxygen atoms in total. The normalized spacial score (nSPS) is 10.5. The number of hydrogen-bond acceptors (Lipinski definition) is 2. The van der Waals surface area contributed by atoms with Crippen molar-refractivity contribution in [3.05, 3.63) is 71.8 Å². The maximum absolute atomic E-state index is 2.21. The van der Waals surface area contributed by atoms with Crippen LogP contribution < -0.4 is 0 Å². The van der Waals surface area contributed by atoms with Crippen molar-refractivity contribution in [2.75, 3.05) is 16.6 Å². The Morgan fingerprint density at radius 1 is 0.579 bits per heavy atom. The average Bonchev–Trinajstić information content (AvgIpc) is 2.48. The van der Waals surface area contributed by atoms with E-state index >= 15 is 0 Å². The zero-order valence-electron chi connectivity index (χ0n) is 11.1. The van der Waals surface area contributed by atoms with E-state index in [4.69, 9.17) is 0 Å². The summed E-state index contributed by atoms with van der Waals surface area (Å²) in [5.41, 5.74) is 2.90. The molecule has 0 radical (unpaired) electrons. The maximum atomic E-state index is 2.21. The lowest BCUT2D eigenvalue weighted by molar-refractivity contribution is 1.15. The molecule has 0 N–H and O–H groups in total. The molecule has 0 bridgehead atoms.